The molecule has 5 nitrogen and oxygen atoms in total. The third kappa shape index (κ3) is 3.66. The summed E-state index contributed by atoms with van der Waals surface area (Å²) < 4.78 is 5.22. The number of aromatic hydroxyl groups is 1. The lowest BCUT2D eigenvalue weighted by Gasteiger charge is -2.15. The molecule has 0 heterocycles. The van der Waals surface area contributed by atoms with Crippen LogP contribution in [0.4, 0.5) is 11.4 Å². The molecule has 3 N–H and O–H groups in total. The molecule has 5 heteroatoms. The van der Waals surface area contributed by atoms with Gasteiger partial charge >= 0.3 is 5.97 Å². The van der Waals surface area contributed by atoms with Gasteiger partial charge in [-0.25, -0.2) is 4.79 Å². The number of nitrogens with two attached hydrogens (primary N) is 1. The summed E-state index contributed by atoms with van der Waals surface area (Å²) in [6.45, 7) is 0.147. The Bertz CT molecular complexity index is 636. The lowest BCUT2D eigenvalue weighted by atomic mass is 10.1. The van der Waals surface area contributed by atoms with Gasteiger partial charge in [0.05, 0.1) is 16.9 Å². The predicted molar refractivity (Wildman–Crippen MR) is 82.4 cm³/mol. The molecule has 0 atom stereocenters. The highest BCUT2D eigenvalue weighted by Crippen LogP contribution is 2.23. The number of benzene rings is 2. The van der Waals surface area contributed by atoms with E-state index in [0.29, 0.717) is 11.3 Å². The second-order valence-electron chi connectivity index (χ2n) is 4.91. The molecule has 0 fully saturated rings. The Hall–Kier alpha value is -2.69. The van der Waals surface area contributed by atoms with Crippen molar-refractivity contribution < 1.29 is 14.6 Å². The van der Waals surface area contributed by atoms with E-state index in [1.165, 1.54) is 0 Å². The zero-order valence-electron chi connectivity index (χ0n) is 12.0. The Morgan fingerprint density at radius 3 is 2.43 bits per heavy atom. The van der Waals surface area contributed by atoms with E-state index in [1.807, 2.05) is 19.0 Å². The number of anilines is 2. The third-order valence-corrected chi connectivity index (χ3v) is 3.05. The molecular formula is C16H18N2O3. The molecule has 0 aromatic heterocycles. The van der Waals surface area contributed by atoms with Gasteiger partial charge in [-0.15, -0.1) is 0 Å². The van der Waals surface area contributed by atoms with Crippen molar-refractivity contribution in [1.29, 1.82) is 0 Å². The Kier molecular flexibility index (Phi) is 4.33. The van der Waals surface area contributed by atoms with Crippen molar-refractivity contribution >= 4 is 17.3 Å². The number of ether oxygens (including phenoxy) is 1. The summed E-state index contributed by atoms with van der Waals surface area (Å²) in [4.78, 5) is 13.9. The number of nitrogen functional groups attached to an aromatic ring is 1. The Morgan fingerprint density at radius 1 is 1.19 bits per heavy atom. The van der Waals surface area contributed by atoms with Gasteiger partial charge in [-0.05, 0) is 35.9 Å². The van der Waals surface area contributed by atoms with E-state index in [9.17, 15) is 9.90 Å². The molecule has 0 spiro atoms. The number of esters is 1. The SMILES string of the molecule is CN(C)c1ccc(C(=O)OCc2ccc(O)cc2)cc1N. The van der Waals surface area contributed by atoms with E-state index in [-0.39, 0.29) is 12.4 Å². The Morgan fingerprint density at radius 2 is 1.86 bits per heavy atom. The summed E-state index contributed by atoms with van der Waals surface area (Å²) in [5.74, 6) is -0.253. The first-order valence-electron chi connectivity index (χ1n) is 6.49. The van der Waals surface area contributed by atoms with Gasteiger partial charge in [0.2, 0.25) is 0 Å². The molecule has 0 amide bonds. The number of hydrogen-bond acceptors (Lipinski definition) is 5. The van der Waals surface area contributed by atoms with Gasteiger partial charge < -0.3 is 20.5 Å². The van der Waals surface area contributed by atoms with E-state index in [2.05, 4.69) is 0 Å². The van der Waals surface area contributed by atoms with E-state index >= 15 is 0 Å². The minimum Gasteiger partial charge on any atom is -0.508 e. The maximum Gasteiger partial charge on any atom is 0.338 e. The maximum absolute atomic E-state index is 12.0. The highest BCUT2D eigenvalue weighted by atomic mass is 16.5. The van der Waals surface area contributed by atoms with E-state index in [1.54, 1.807) is 42.5 Å². The molecule has 0 unspecified atom stereocenters. The van der Waals surface area contributed by atoms with Crippen LogP contribution in [0.3, 0.4) is 0 Å². The molecule has 0 bridgehead atoms. The fraction of sp³-hybridized carbons (Fsp3) is 0.188. The quantitative estimate of drug-likeness (QED) is 0.666. The molecule has 2 aromatic carbocycles. The van der Waals surface area contributed by atoms with Gasteiger partial charge in [-0.3, -0.25) is 0 Å². The average molecular weight is 286 g/mol. The van der Waals surface area contributed by atoms with Gasteiger partial charge in [0.15, 0.2) is 0 Å². The Labute approximate surface area is 123 Å². The lowest BCUT2D eigenvalue weighted by molar-refractivity contribution is 0.0473. The first-order valence-corrected chi connectivity index (χ1v) is 6.49. The molecule has 0 saturated heterocycles. The largest absolute Gasteiger partial charge is 0.508 e. The summed E-state index contributed by atoms with van der Waals surface area (Å²) >= 11 is 0. The van der Waals surface area contributed by atoms with Crippen LogP contribution in [0, 0.1) is 0 Å². The van der Waals surface area contributed by atoms with Crippen molar-refractivity contribution in [2.45, 2.75) is 6.61 Å². The molecule has 0 aliphatic rings. The Balaban J connectivity index is 2.03. The van der Waals surface area contributed by atoms with Crippen molar-refractivity contribution in [3.63, 3.8) is 0 Å². The number of carbonyl (C=O) groups is 1. The van der Waals surface area contributed by atoms with Crippen LogP contribution in [0.5, 0.6) is 5.75 Å². The summed E-state index contributed by atoms with van der Waals surface area (Å²) in [6.07, 6.45) is 0. The monoisotopic (exact) mass is 286 g/mol. The smallest absolute Gasteiger partial charge is 0.338 e. The molecule has 21 heavy (non-hydrogen) atoms. The van der Waals surface area contributed by atoms with Crippen LogP contribution in [0.25, 0.3) is 0 Å². The predicted octanol–water partition coefficient (Wildman–Crippen LogP) is 2.40. The van der Waals surface area contributed by atoms with Crippen LogP contribution in [-0.4, -0.2) is 25.2 Å². The lowest BCUT2D eigenvalue weighted by Crippen LogP contribution is -2.12. The van der Waals surface area contributed by atoms with Crippen molar-refractivity contribution in [1.82, 2.24) is 0 Å². The average Bonchev–Trinajstić information content (AvgIpc) is 2.45. The van der Waals surface area contributed by atoms with Crippen LogP contribution in [0.15, 0.2) is 42.5 Å². The summed E-state index contributed by atoms with van der Waals surface area (Å²) in [6, 6.07) is 11.6. The summed E-state index contributed by atoms with van der Waals surface area (Å²) in [5.41, 5.74) is 8.50. The zero-order chi connectivity index (χ0) is 15.4. The second-order valence-corrected chi connectivity index (χ2v) is 4.91. The number of rotatable bonds is 4. The van der Waals surface area contributed by atoms with Crippen molar-refractivity contribution in [2.75, 3.05) is 24.7 Å². The minimum absolute atomic E-state index is 0.147. The zero-order valence-corrected chi connectivity index (χ0v) is 12.0. The third-order valence-electron chi connectivity index (χ3n) is 3.05. The topological polar surface area (TPSA) is 75.8 Å². The molecule has 2 rings (SSSR count). The molecule has 0 saturated carbocycles. The van der Waals surface area contributed by atoms with Gasteiger partial charge in [0.1, 0.15) is 12.4 Å². The van der Waals surface area contributed by atoms with Crippen LogP contribution >= 0.6 is 0 Å². The summed E-state index contributed by atoms with van der Waals surface area (Å²) in [7, 11) is 3.77. The molecule has 0 aliphatic carbocycles. The maximum atomic E-state index is 12.0. The fourth-order valence-corrected chi connectivity index (χ4v) is 1.91. The van der Waals surface area contributed by atoms with Crippen molar-refractivity contribution in [3.8, 4) is 5.75 Å². The van der Waals surface area contributed by atoms with Crippen molar-refractivity contribution in [3.05, 3.63) is 53.6 Å². The van der Waals surface area contributed by atoms with E-state index in [0.717, 1.165) is 11.3 Å². The number of phenols is 1. The van der Waals surface area contributed by atoms with Crippen LogP contribution in [0.1, 0.15) is 15.9 Å². The molecule has 0 aliphatic heterocycles. The van der Waals surface area contributed by atoms with Crippen LogP contribution < -0.4 is 10.6 Å². The van der Waals surface area contributed by atoms with Crippen molar-refractivity contribution in [2.24, 2.45) is 0 Å². The normalized spacial score (nSPS) is 10.2. The second kappa shape index (κ2) is 6.17. The molecular weight excluding hydrogens is 268 g/mol. The van der Waals surface area contributed by atoms with E-state index < -0.39 is 5.97 Å². The number of nitrogens with zero attached hydrogens (tertiary/aromatic N) is 1. The standard InChI is InChI=1S/C16H18N2O3/c1-18(2)15-8-5-12(9-14(15)17)16(20)21-10-11-3-6-13(19)7-4-11/h3-9,19H,10,17H2,1-2H3. The fourth-order valence-electron chi connectivity index (χ4n) is 1.91. The first-order chi connectivity index (χ1) is 9.97. The number of hydrogen-bond donors (Lipinski definition) is 2. The first kappa shape index (κ1) is 14.7. The molecule has 110 valence electrons. The highest BCUT2D eigenvalue weighted by molar-refractivity contribution is 5.92. The number of phenolic OH excluding ortho intramolecular Hbond substituents is 1. The van der Waals surface area contributed by atoms with Gasteiger partial charge in [0.25, 0.3) is 0 Å². The van der Waals surface area contributed by atoms with Crippen LogP contribution in [0.2, 0.25) is 0 Å². The number of carbonyl (C=O) groups excluding carboxylic acids is 1. The molecule has 0 radical (unpaired) electrons. The van der Waals surface area contributed by atoms with Gasteiger partial charge in [-0.1, -0.05) is 12.1 Å². The van der Waals surface area contributed by atoms with E-state index in [4.69, 9.17) is 10.5 Å². The summed E-state index contributed by atoms with van der Waals surface area (Å²) in [5, 5.41) is 9.19. The van der Waals surface area contributed by atoms with Gasteiger partial charge in [-0.2, -0.15) is 0 Å². The molecule has 2 aromatic rings. The minimum atomic E-state index is -0.430. The van der Waals surface area contributed by atoms with Crippen LogP contribution in [-0.2, 0) is 11.3 Å². The highest BCUT2D eigenvalue weighted by Gasteiger charge is 2.10. The van der Waals surface area contributed by atoms with Gasteiger partial charge in [0, 0.05) is 14.1 Å².